The van der Waals surface area contributed by atoms with Crippen LogP contribution >= 0.6 is 11.8 Å². The highest BCUT2D eigenvalue weighted by Gasteiger charge is 2.25. The zero-order valence-corrected chi connectivity index (χ0v) is 32.0. The van der Waals surface area contributed by atoms with Crippen LogP contribution in [0.15, 0.2) is 112 Å². The number of aryl methyl sites for hydroxylation is 2. The standard InChI is InChI=1S/C41H45FN4O5S2/c1-5-14-38-44-35(6-2)39(40(47)43-26-30-15-10-12-19-36(30)52-32-16-8-7-9-17-32)46(38)27-31-22-21-29(25-34(31)42)33-18-11-13-20-37(33)53(49,50)45-41(48)51-24-23-28(3)4/h7-13,15-22,25,28H,5-6,14,23-24,26-27H2,1-4H3,(H,43,47)(H,45,48). The molecule has 0 radical (unpaired) electrons. The number of hydrogen-bond donors (Lipinski definition) is 2. The summed E-state index contributed by atoms with van der Waals surface area (Å²) in [5.74, 6) is 0.0758. The van der Waals surface area contributed by atoms with E-state index in [2.05, 4.69) is 5.32 Å². The minimum atomic E-state index is -4.34. The molecule has 2 amide bonds. The summed E-state index contributed by atoms with van der Waals surface area (Å²) in [6.07, 6.45) is 1.39. The molecular formula is C41H45FN4O5S2. The van der Waals surface area contributed by atoms with Crippen molar-refractivity contribution in [2.24, 2.45) is 5.92 Å². The number of imidazole rings is 1. The molecule has 0 aliphatic carbocycles. The molecule has 0 unspecified atom stereocenters. The van der Waals surface area contributed by atoms with Crippen molar-refractivity contribution in [1.29, 1.82) is 0 Å². The number of carbonyl (C=O) groups excluding carboxylic acids is 2. The molecule has 0 fully saturated rings. The fraction of sp³-hybridized carbons (Fsp3) is 0.293. The van der Waals surface area contributed by atoms with E-state index in [9.17, 15) is 18.0 Å². The molecule has 0 spiro atoms. The maximum atomic E-state index is 16.0. The number of nitrogens with zero attached hydrogens (tertiary/aromatic N) is 2. The number of carbonyl (C=O) groups is 2. The Bertz CT molecular complexity index is 2150. The molecule has 2 N–H and O–H groups in total. The summed E-state index contributed by atoms with van der Waals surface area (Å²) in [6.45, 7) is 8.30. The lowest BCUT2D eigenvalue weighted by atomic mass is 10.0. The smallest absolute Gasteiger partial charge is 0.421 e. The minimum absolute atomic E-state index is 0.0430. The summed E-state index contributed by atoms with van der Waals surface area (Å²) < 4.78 is 51.3. The van der Waals surface area contributed by atoms with Gasteiger partial charge in [-0.1, -0.05) is 106 Å². The maximum Gasteiger partial charge on any atom is 0.421 e. The van der Waals surface area contributed by atoms with Crippen molar-refractivity contribution >= 4 is 33.8 Å². The predicted octanol–water partition coefficient (Wildman–Crippen LogP) is 8.79. The third-order valence-electron chi connectivity index (χ3n) is 8.54. The molecule has 4 aromatic carbocycles. The average Bonchev–Trinajstić information content (AvgIpc) is 3.48. The molecular weight excluding hydrogens is 712 g/mol. The van der Waals surface area contributed by atoms with Gasteiger partial charge in [-0.3, -0.25) is 4.79 Å². The third-order valence-corrected chi connectivity index (χ3v) is 11.0. The van der Waals surface area contributed by atoms with Crippen LogP contribution in [0.25, 0.3) is 11.1 Å². The molecule has 0 saturated carbocycles. The maximum absolute atomic E-state index is 16.0. The Morgan fingerprint density at radius 2 is 1.64 bits per heavy atom. The Morgan fingerprint density at radius 1 is 0.925 bits per heavy atom. The summed E-state index contributed by atoms with van der Waals surface area (Å²) in [6, 6.07) is 28.5. The van der Waals surface area contributed by atoms with Gasteiger partial charge in [-0.25, -0.2) is 27.3 Å². The normalized spacial score (nSPS) is 11.4. The van der Waals surface area contributed by atoms with Crippen LogP contribution in [0, 0.1) is 11.7 Å². The van der Waals surface area contributed by atoms with Gasteiger partial charge < -0.3 is 14.6 Å². The van der Waals surface area contributed by atoms with Gasteiger partial charge in [0.15, 0.2) is 0 Å². The number of nitrogens with one attached hydrogen (secondary N) is 2. The van der Waals surface area contributed by atoms with E-state index < -0.39 is 21.9 Å². The van der Waals surface area contributed by atoms with Crippen LogP contribution in [0.4, 0.5) is 9.18 Å². The van der Waals surface area contributed by atoms with Gasteiger partial charge in [0.2, 0.25) is 0 Å². The van der Waals surface area contributed by atoms with Gasteiger partial charge in [-0.15, -0.1) is 0 Å². The van der Waals surface area contributed by atoms with Gasteiger partial charge >= 0.3 is 6.09 Å². The Balaban J connectivity index is 1.39. The zero-order valence-electron chi connectivity index (χ0n) is 30.4. The number of ether oxygens (including phenoxy) is 1. The van der Waals surface area contributed by atoms with E-state index in [0.29, 0.717) is 54.1 Å². The highest BCUT2D eigenvalue weighted by atomic mass is 32.2. The number of rotatable bonds is 16. The average molecular weight is 757 g/mol. The van der Waals surface area contributed by atoms with Crippen molar-refractivity contribution < 1.29 is 27.1 Å². The van der Waals surface area contributed by atoms with E-state index in [1.165, 1.54) is 18.2 Å². The zero-order chi connectivity index (χ0) is 38.0. The van der Waals surface area contributed by atoms with Crippen LogP contribution in [0.5, 0.6) is 0 Å². The van der Waals surface area contributed by atoms with E-state index in [-0.39, 0.29) is 35.4 Å². The predicted molar refractivity (Wildman–Crippen MR) is 206 cm³/mol. The van der Waals surface area contributed by atoms with Crippen LogP contribution in [-0.4, -0.2) is 36.6 Å². The lowest BCUT2D eigenvalue weighted by Gasteiger charge is -2.16. The molecule has 278 valence electrons. The first-order chi connectivity index (χ1) is 25.5. The van der Waals surface area contributed by atoms with Crippen molar-refractivity contribution in [3.63, 3.8) is 0 Å². The van der Waals surface area contributed by atoms with Gasteiger partial charge in [-0.05, 0) is 66.6 Å². The molecule has 0 aliphatic heterocycles. The number of hydrogen-bond acceptors (Lipinski definition) is 7. The molecule has 1 heterocycles. The lowest BCUT2D eigenvalue weighted by Crippen LogP contribution is -2.31. The van der Waals surface area contributed by atoms with E-state index >= 15 is 4.39 Å². The van der Waals surface area contributed by atoms with E-state index in [1.807, 2.05) is 87.0 Å². The molecule has 53 heavy (non-hydrogen) atoms. The molecule has 12 heteroatoms. The Hall–Kier alpha value is -4.94. The van der Waals surface area contributed by atoms with Crippen molar-refractivity contribution in [3.05, 3.63) is 131 Å². The summed E-state index contributed by atoms with van der Waals surface area (Å²) >= 11 is 1.63. The first-order valence-electron chi connectivity index (χ1n) is 17.7. The quantitative estimate of drug-likeness (QED) is 0.103. The van der Waals surface area contributed by atoms with Crippen LogP contribution in [0.1, 0.15) is 73.7 Å². The molecule has 1 aromatic heterocycles. The van der Waals surface area contributed by atoms with Crippen LogP contribution in [0.2, 0.25) is 0 Å². The highest BCUT2D eigenvalue weighted by Crippen LogP contribution is 2.31. The first kappa shape index (κ1) is 39.3. The summed E-state index contributed by atoms with van der Waals surface area (Å²) in [5, 5.41) is 3.09. The van der Waals surface area contributed by atoms with Crippen molar-refractivity contribution in [3.8, 4) is 11.1 Å². The number of halogens is 1. The van der Waals surface area contributed by atoms with Crippen LogP contribution in [-0.2, 0) is 40.7 Å². The summed E-state index contributed by atoms with van der Waals surface area (Å²) in [5.41, 5.74) is 2.80. The second-order valence-corrected chi connectivity index (χ2v) is 15.7. The fourth-order valence-electron chi connectivity index (χ4n) is 5.80. The lowest BCUT2D eigenvalue weighted by molar-refractivity contribution is 0.0940. The fourth-order valence-corrected chi connectivity index (χ4v) is 7.88. The second kappa shape index (κ2) is 18.2. The molecule has 9 nitrogen and oxygen atoms in total. The Kier molecular flexibility index (Phi) is 13.5. The van der Waals surface area contributed by atoms with E-state index in [4.69, 9.17) is 9.72 Å². The molecule has 0 saturated heterocycles. The first-order valence-corrected chi connectivity index (χ1v) is 20.0. The molecule has 5 aromatic rings. The molecule has 0 aliphatic rings. The third kappa shape index (κ3) is 10.1. The van der Waals surface area contributed by atoms with Crippen molar-refractivity contribution in [2.75, 3.05) is 6.61 Å². The number of benzene rings is 4. The van der Waals surface area contributed by atoms with Gasteiger partial charge in [0.25, 0.3) is 15.9 Å². The highest BCUT2D eigenvalue weighted by molar-refractivity contribution is 7.99. The van der Waals surface area contributed by atoms with Gasteiger partial charge in [-0.2, -0.15) is 0 Å². The largest absolute Gasteiger partial charge is 0.449 e. The SMILES string of the molecule is CCCc1nc(CC)c(C(=O)NCc2ccccc2Sc2ccccc2)n1Cc1ccc(-c2ccccc2S(=O)(=O)NC(=O)OCCC(C)C)cc1F. The number of aromatic nitrogens is 2. The van der Waals surface area contributed by atoms with Gasteiger partial charge in [0.05, 0.1) is 23.7 Å². The Labute approximate surface area is 315 Å². The van der Waals surface area contributed by atoms with Crippen molar-refractivity contribution in [2.45, 2.75) is 81.2 Å². The van der Waals surface area contributed by atoms with Crippen LogP contribution in [0.3, 0.4) is 0 Å². The monoisotopic (exact) mass is 756 g/mol. The summed E-state index contributed by atoms with van der Waals surface area (Å²) in [4.78, 5) is 33.0. The van der Waals surface area contributed by atoms with Gasteiger partial charge in [0, 0.05) is 33.9 Å². The number of amides is 2. The minimum Gasteiger partial charge on any atom is -0.449 e. The van der Waals surface area contributed by atoms with Gasteiger partial charge in [0.1, 0.15) is 17.3 Å². The number of sulfonamides is 1. The Morgan fingerprint density at radius 3 is 2.36 bits per heavy atom. The van der Waals surface area contributed by atoms with Crippen LogP contribution < -0.4 is 10.0 Å². The molecule has 0 atom stereocenters. The van der Waals surface area contributed by atoms with E-state index in [0.717, 1.165) is 21.8 Å². The van der Waals surface area contributed by atoms with Crippen molar-refractivity contribution in [1.82, 2.24) is 19.6 Å². The second-order valence-electron chi connectivity index (χ2n) is 12.9. The molecule has 5 rings (SSSR count). The topological polar surface area (TPSA) is 119 Å². The molecule has 0 bridgehead atoms. The summed E-state index contributed by atoms with van der Waals surface area (Å²) in [7, 11) is -4.34. The van der Waals surface area contributed by atoms with E-state index in [1.54, 1.807) is 40.6 Å².